The lowest BCUT2D eigenvalue weighted by molar-refractivity contribution is 0.0942. The van der Waals surface area contributed by atoms with Gasteiger partial charge in [0.15, 0.2) is 0 Å². The van der Waals surface area contributed by atoms with E-state index in [0.717, 1.165) is 36.8 Å². The molecule has 180 valence electrons. The monoisotopic (exact) mass is 480 g/mol. The number of aryl methyl sites for hydroxylation is 1. The Morgan fingerprint density at radius 2 is 1.65 bits per heavy atom. The number of carbonyl (C=O) groups excluding carboxylic acids is 1. The number of carbonyl (C=O) groups is 1. The number of nitrogens with zero attached hydrogens (tertiary/aromatic N) is 3. The zero-order valence-corrected chi connectivity index (χ0v) is 20.6. The zero-order valence-electron chi connectivity index (χ0n) is 19.8. The summed E-state index contributed by atoms with van der Waals surface area (Å²) in [7, 11) is 0. The minimum atomic E-state index is -0.232. The molecule has 3 aromatic rings. The van der Waals surface area contributed by atoms with Gasteiger partial charge < -0.3 is 10.2 Å². The highest BCUT2D eigenvalue weighted by Crippen LogP contribution is 2.18. The standard InChI is InChI=1S/C27H33FN4OS/c1-21-5-7-22(8-6-21)17-32(18-23-9-11-24(28)12-10-23)19-26-30-25(20-34-26)27(33)29-13-16-31-14-3-2-4-15-31/h5-12,20H,2-4,13-19H2,1H3,(H,29,33). The summed E-state index contributed by atoms with van der Waals surface area (Å²) in [6.07, 6.45) is 3.81. The molecule has 5 nitrogen and oxygen atoms in total. The number of aromatic nitrogens is 1. The minimum Gasteiger partial charge on any atom is -0.349 e. The largest absolute Gasteiger partial charge is 0.349 e. The molecule has 1 amide bonds. The predicted octanol–water partition coefficient (Wildman–Crippen LogP) is 5.01. The third-order valence-corrected chi connectivity index (χ3v) is 6.99. The van der Waals surface area contributed by atoms with E-state index in [1.165, 1.54) is 53.9 Å². The van der Waals surface area contributed by atoms with Crippen LogP contribution >= 0.6 is 11.3 Å². The van der Waals surface area contributed by atoms with Gasteiger partial charge in [0.05, 0.1) is 6.54 Å². The minimum absolute atomic E-state index is 0.108. The van der Waals surface area contributed by atoms with E-state index >= 15 is 0 Å². The average Bonchev–Trinajstić information content (AvgIpc) is 3.31. The van der Waals surface area contributed by atoms with Crippen molar-refractivity contribution in [3.63, 3.8) is 0 Å². The molecule has 4 rings (SSSR count). The summed E-state index contributed by atoms with van der Waals surface area (Å²) in [6.45, 7) is 7.91. The van der Waals surface area contributed by atoms with Crippen molar-refractivity contribution in [3.05, 3.63) is 87.1 Å². The third kappa shape index (κ3) is 7.45. The van der Waals surface area contributed by atoms with Crippen molar-refractivity contribution in [1.82, 2.24) is 20.1 Å². The van der Waals surface area contributed by atoms with E-state index in [9.17, 15) is 9.18 Å². The van der Waals surface area contributed by atoms with Crippen LogP contribution in [0.15, 0.2) is 53.9 Å². The summed E-state index contributed by atoms with van der Waals surface area (Å²) in [5.74, 6) is -0.340. The fraction of sp³-hybridized carbons (Fsp3) is 0.407. The molecule has 0 spiro atoms. The molecule has 0 atom stereocenters. The molecule has 1 aromatic heterocycles. The van der Waals surface area contributed by atoms with E-state index in [0.29, 0.717) is 25.3 Å². The molecule has 0 radical (unpaired) electrons. The van der Waals surface area contributed by atoms with Crippen LogP contribution in [0.2, 0.25) is 0 Å². The summed E-state index contributed by atoms with van der Waals surface area (Å²) in [6, 6.07) is 15.1. The summed E-state index contributed by atoms with van der Waals surface area (Å²) < 4.78 is 13.4. The second-order valence-corrected chi connectivity index (χ2v) is 9.98. The molecule has 34 heavy (non-hydrogen) atoms. The maximum absolute atomic E-state index is 13.4. The molecule has 0 aliphatic carbocycles. The first-order valence-electron chi connectivity index (χ1n) is 12.0. The molecule has 1 fully saturated rings. The van der Waals surface area contributed by atoms with E-state index in [1.54, 1.807) is 0 Å². The quantitative estimate of drug-likeness (QED) is 0.443. The van der Waals surface area contributed by atoms with E-state index in [1.807, 2.05) is 17.5 Å². The smallest absolute Gasteiger partial charge is 0.270 e. The Kier molecular flexibility index (Phi) is 8.79. The van der Waals surface area contributed by atoms with Gasteiger partial charge in [-0.1, -0.05) is 48.4 Å². The first-order valence-corrected chi connectivity index (χ1v) is 12.9. The van der Waals surface area contributed by atoms with Crippen LogP contribution < -0.4 is 5.32 Å². The first kappa shape index (κ1) is 24.5. The lowest BCUT2D eigenvalue weighted by Crippen LogP contribution is -2.37. The van der Waals surface area contributed by atoms with Gasteiger partial charge in [0.1, 0.15) is 16.5 Å². The van der Waals surface area contributed by atoms with Gasteiger partial charge in [0, 0.05) is 31.6 Å². The molecule has 1 aliphatic heterocycles. The van der Waals surface area contributed by atoms with Gasteiger partial charge >= 0.3 is 0 Å². The lowest BCUT2D eigenvalue weighted by Gasteiger charge is -2.26. The molecular weight excluding hydrogens is 447 g/mol. The van der Waals surface area contributed by atoms with Crippen molar-refractivity contribution in [2.75, 3.05) is 26.2 Å². The van der Waals surface area contributed by atoms with Crippen molar-refractivity contribution in [1.29, 1.82) is 0 Å². The number of nitrogens with one attached hydrogen (secondary N) is 1. The number of hydrogen-bond acceptors (Lipinski definition) is 5. The summed E-state index contributed by atoms with van der Waals surface area (Å²) in [5, 5.41) is 5.76. The van der Waals surface area contributed by atoms with Crippen LogP contribution in [0.3, 0.4) is 0 Å². The van der Waals surface area contributed by atoms with Gasteiger partial charge in [0.2, 0.25) is 0 Å². The summed E-state index contributed by atoms with van der Waals surface area (Å²) in [5.41, 5.74) is 3.96. The highest BCUT2D eigenvalue weighted by molar-refractivity contribution is 7.09. The molecule has 2 aromatic carbocycles. The summed E-state index contributed by atoms with van der Waals surface area (Å²) in [4.78, 5) is 21.9. The van der Waals surface area contributed by atoms with Crippen molar-refractivity contribution in [3.8, 4) is 0 Å². The summed E-state index contributed by atoms with van der Waals surface area (Å²) >= 11 is 1.51. The van der Waals surface area contributed by atoms with E-state index in [4.69, 9.17) is 0 Å². The lowest BCUT2D eigenvalue weighted by atomic mass is 10.1. The maximum Gasteiger partial charge on any atom is 0.270 e. The van der Waals surface area contributed by atoms with Crippen LogP contribution in [0.5, 0.6) is 0 Å². The molecule has 1 aliphatic rings. The molecular formula is C27H33FN4OS. The van der Waals surface area contributed by atoms with Crippen molar-refractivity contribution in [2.45, 2.75) is 45.8 Å². The number of piperidine rings is 1. The van der Waals surface area contributed by atoms with Crippen LogP contribution in [0, 0.1) is 12.7 Å². The number of hydrogen-bond donors (Lipinski definition) is 1. The Labute approximate surface area is 205 Å². The van der Waals surface area contributed by atoms with E-state index in [-0.39, 0.29) is 11.7 Å². The van der Waals surface area contributed by atoms with Gasteiger partial charge in [-0.25, -0.2) is 9.37 Å². The van der Waals surface area contributed by atoms with Crippen molar-refractivity contribution in [2.24, 2.45) is 0 Å². The molecule has 2 heterocycles. The Hall–Kier alpha value is -2.61. The number of halogens is 1. The van der Waals surface area contributed by atoms with E-state index in [2.05, 4.69) is 51.3 Å². The predicted molar refractivity (Wildman–Crippen MR) is 135 cm³/mol. The number of likely N-dealkylation sites (tertiary alicyclic amines) is 1. The van der Waals surface area contributed by atoms with Gasteiger partial charge in [-0.2, -0.15) is 0 Å². The maximum atomic E-state index is 13.4. The van der Waals surface area contributed by atoms with Crippen molar-refractivity contribution < 1.29 is 9.18 Å². The molecule has 1 saturated heterocycles. The Balaban J connectivity index is 1.36. The normalized spacial score (nSPS) is 14.4. The Morgan fingerprint density at radius 1 is 1.00 bits per heavy atom. The molecule has 0 unspecified atom stereocenters. The number of amides is 1. The van der Waals surface area contributed by atoms with Gasteiger partial charge in [-0.3, -0.25) is 9.69 Å². The van der Waals surface area contributed by atoms with Crippen molar-refractivity contribution >= 4 is 17.2 Å². The van der Waals surface area contributed by atoms with Crippen LogP contribution in [-0.4, -0.2) is 46.9 Å². The fourth-order valence-corrected chi connectivity index (χ4v) is 5.06. The Bertz CT molecular complexity index is 998. The molecule has 1 N–H and O–H groups in total. The molecule has 0 saturated carbocycles. The van der Waals surface area contributed by atoms with Crippen LogP contribution in [-0.2, 0) is 19.6 Å². The number of benzene rings is 2. The zero-order chi connectivity index (χ0) is 23.8. The molecule has 0 bridgehead atoms. The number of rotatable bonds is 10. The highest BCUT2D eigenvalue weighted by atomic mass is 32.1. The van der Waals surface area contributed by atoms with Gasteiger partial charge in [-0.15, -0.1) is 11.3 Å². The fourth-order valence-electron chi connectivity index (χ4n) is 4.25. The topological polar surface area (TPSA) is 48.5 Å². The second-order valence-electron chi connectivity index (χ2n) is 9.04. The van der Waals surface area contributed by atoms with Crippen LogP contribution in [0.25, 0.3) is 0 Å². The third-order valence-electron chi connectivity index (χ3n) is 6.15. The molecule has 7 heteroatoms. The SMILES string of the molecule is Cc1ccc(CN(Cc2ccc(F)cc2)Cc2nc(C(=O)NCCN3CCCCC3)cs2)cc1. The van der Waals surface area contributed by atoms with Crippen LogP contribution in [0.4, 0.5) is 4.39 Å². The first-order chi connectivity index (χ1) is 16.5. The highest BCUT2D eigenvalue weighted by Gasteiger charge is 2.15. The van der Waals surface area contributed by atoms with Gasteiger partial charge in [-0.05, 0) is 56.1 Å². The van der Waals surface area contributed by atoms with Crippen LogP contribution in [0.1, 0.15) is 51.4 Å². The van der Waals surface area contributed by atoms with Gasteiger partial charge in [0.25, 0.3) is 5.91 Å². The number of thiazole rings is 1. The average molecular weight is 481 g/mol. The van der Waals surface area contributed by atoms with E-state index < -0.39 is 0 Å². The second kappa shape index (κ2) is 12.2. The Morgan fingerprint density at radius 3 is 2.32 bits per heavy atom.